The van der Waals surface area contributed by atoms with Crippen molar-refractivity contribution in [2.75, 3.05) is 0 Å². The summed E-state index contributed by atoms with van der Waals surface area (Å²) in [6.45, 7) is 4.00. The fraction of sp³-hybridized carbons (Fsp3) is 0.250. The first kappa shape index (κ1) is 15.2. The van der Waals surface area contributed by atoms with Crippen LogP contribution in [0.5, 0.6) is 0 Å². The Hall–Kier alpha value is -3.17. The van der Waals surface area contributed by atoms with Crippen LogP contribution in [-0.4, -0.2) is 50.6 Å². The molecule has 0 unspecified atom stereocenters. The number of rotatable bonds is 1. The lowest BCUT2D eigenvalue weighted by Gasteiger charge is -2.26. The van der Waals surface area contributed by atoms with Crippen LogP contribution < -0.4 is 10.6 Å². The van der Waals surface area contributed by atoms with Gasteiger partial charge in [-0.25, -0.2) is 19.7 Å². The Kier molecular flexibility index (Phi) is 3.93. The Morgan fingerprint density at radius 2 is 1.27 bits per heavy atom. The summed E-state index contributed by atoms with van der Waals surface area (Å²) in [7, 11) is 0. The molecule has 114 valence electrons. The normalized spacial score (nSPS) is 17.5. The number of barbiturate groups is 1. The third-order valence-electron chi connectivity index (χ3n) is 2.77. The number of fused-ring (bicyclic) bond motifs is 1. The van der Waals surface area contributed by atoms with E-state index >= 15 is 0 Å². The van der Waals surface area contributed by atoms with Crippen LogP contribution in [0.1, 0.15) is 34.8 Å². The minimum Gasteiger partial charge on any atom is -0.275 e. The predicted octanol–water partition coefficient (Wildman–Crippen LogP) is -1.17. The van der Waals surface area contributed by atoms with Gasteiger partial charge in [0.25, 0.3) is 23.6 Å². The SMILES string of the molecule is CC.O=C1NC(=O)C(N2C(=O)c3nccnc3C2=O)C(=O)N1. The zero-order chi connectivity index (χ0) is 16.4. The summed E-state index contributed by atoms with van der Waals surface area (Å²) in [5.74, 6) is -3.95. The van der Waals surface area contributed by atoms with Gasteiger partial charge in [0.05, 0.1) is 0 Å². The minimum atomic E-state index is -1.76. The third kappa shape index (κ3) is 2.20. The fourth-order valence-electron chi connectivity index (χ4n) is 1.95. The van der Waals surface area contributed by atoms with Crippen molar-refractivity contribution in [1.82, 2.24) is 25.5 Å². The molecule has 10 heteroatoms. The minimum absolute atomic E-state index is 0.241. The van der Waals surface area contributed by atoms with E-state index in [1.165, 1.54) is 12.4 Å². The average molecular weight is 305 g/mol. The number of carbonyl (C=O) groups excluding carboxylic acids is 5. The number of nitrogens with one attached hydrogen (secondary N) is 2. The second kappa shape index (κ2) is 5.68. The number of urea groups is 1. The molecule has 0 aromatic carbocycles. The summed E-state index contributed by atoms with van der Waals surface area (Å²) >= 11 is 0. The van der Waals surface area contributed by atoms with E-state index < -0.39 is 35.7 Å². The van der Waals surface area contributed by atoms with Gasteiger partial charge in [-0.1, -0.05) is 13.8 Å². The largest absolute Gasteiger partial charge is 0.328 e. The second-order valence-corrected chi connectivity index (χ2v) is 3.94. The highest BCUT2D eigenvalue weighted by Gasteiger charge is 2.50. The first-order valence-electron chi connectivity index (χ1n) is 6.35. The molecule has 3 heterocycles. The van der Waals surface area contributed by atoms with E-state index in [1.807, 2.05) is 24.5 Å². The average Bonchev–Trinajstić information content (AvgIpc) is 2.74. The zero-order valence-electron chi connectivity index (χ0n) is 11.6. The van der Waals surface area contributed by atoms with Crippen LogP contribution >= 0.6 is 0 Å². The van der Waals surface area contributed by atoms with Gasteiger partial charge in [0, 0.05) is 12.4 Å². The summed E-state index contributed by atoms with van der Waals surface area (Å²) in [6.07, 6.45) is 2.41. The highest BCUT2D eigenvalue weighted by Crippen LogP contribution is 2.21. The van der Waals surface area contributed by atoms with E-state index in [-0.39, 0.29) is 11.4 Å². The number of hydrogen-bond donors (Lipinski definition) is 2. The first-order chi connectivity index (χ1) is 10.5. The van der Waals surface area contributed by atoms with Gasteiger partial charge in [0.1, 0.15) is 0 Å². The standard InChI is InChI=1S/C10H5N5O5.C2H6/c16-6-5(7(17)14-10(20)13-6)15-8(18)3-4(9(15)19)12-2-1-11-3;1-2/h1-2,5H,(H2,13,14,16,17,20);1-2H3. The molecule has 2 N–H and O–H groups in total. The number of amides is 6. The van der Waals surface area contributed by atoms with Crippen LogP contribution in [-0.2, 0) is 9.59 Å². The molecular formula is C12H11N5O5. The molecule has 2 aliphatic rings. The molecule has 1 aromatic rings. The molecule has 0 atom stereocenters. The second-order valence-electron chi connectivity index (χ2n) is 3.94. The van der Waals surface area contributed by atoms with Gasteiger partial charge in [-0.3, -0.25) is 29.8 Å². The van der Waals surface area contributed by atoms with Crippen LogP contribution in [0.4, 0.5) is 4.79 Å². The molecule has 2 aliphatic heterocycles. The third-order valence-corrected chi connectivity index (χ3v) is 2.77. The highest BCUT2D eigenvalue weighted by molar-refractivity contribution is 6.27. The Balaban J connectivity index is 0.000000847. The summed E-state index contributed by atoms with van der Waals surface area (Å²) in [5, 5.41) is 3.62. The number of aromatic nitrogens is 2. The van der Waals surface area contributed by atoms with Crippen molar-refractivity contribution < 1.29 is 24.0 Å². The number of hydrogen-bond acceptors (Lipinski definition) is 7. The Labute approximate surface area is 123 Å². The van der Waals surface area contributed by atoms with Gasteiger partial charge in [-0.15, -0.1) is 0 Å². The number of imide groups is 3. The molecule has 1 saturated heterocycles. The van der Waals surface area contributed by atoms with Crippen LogP contribution in [0, 0.1) is 0 Å². The molecule has 22 heavy (non-hydrogen) atoms. The lowest BCUT2D eigenvalue weighted by molar-refractivity contribution is -0.135. The number of nitrogens with zero attached hydrogens (tertiary/aromatic N) is 3. The molecule has 0 bridgehead atoms. The molecule has 0 saturated carbocycles. The maximum absolute atomic E-state index is 12.0. The maximum atomic E-state index is 12.0. The summed E-state index contributed by atoms with van der Waals surface area (Å²) in [5.41, 5.74) is -0.481. The van der Waals surface area contributed by atoms with Crippen LogP contribution in [0.25, 0.3) is 0 Å². The predicted molar refractivity (Wildman–Crippen MR) is 69.3 cm³/mol. The fourth-order valence-corrected chi connectivity index (χ4v) is 1.95. The molecule has 1 aromatic heterocycles. The molecule has 10 nitrogen and oxygen atoms in total. The highest BCUT2D eigenvalue weighted by atomic mass is 16.2. The van der Waals surface area contributed by atoms with Crippen molar-refractivity contribution in [3.05, 3.63) is 23.8 Å². The lowest BCUT2D eigenvalue weighted by atomic mass is 10.2. The van der Waals surface area contributed by atoms with Crippen LogP contribution in [0.2, 0.25) is 0 Å². The van der Waals surface area contributed by atoms with Gasteiger partial charge in [-0.2, -0.15) is 0 Å². The van der Waals surface area contributed by atoms with Crippen molar-refractivity contribution in [3.8, 4) is 0 Å². The van der Waals surface area contributed by atoms with E-state index in [1.54, 1.807) is 0 Å². The van der Waals surface area contributed by atoms with Gasteiger partial charge >= 0.3 is 6.03 Å². The molecule has 0 spiro atoms. The van der Waals surface area contributed by atoms with Gasteiger partial charge in [0.2, 0.25) is 0 Å². The Morgan fingerprint density at radius 1 is 0.864 bits per heavy atom. The van der Waals surface area contributed by atoms with Crippen LogP contribution in [0.3, 0.4) is 0 Å². The lowest BCUT2D eigenvalue weighted by Crippen LogP contribution is -2.65. The smallest absolute Gasteiger partial charge is 0.275 e. The number of carbonyl (C=O) groups is 5. The van der Waals surface area contributed by atoms with Crippen LogP contribution in [0.15, 0.2) is 12.4 Å². The molecular weight excluding hydrogens is 294 g/mol. The monoisotopic (exact) mass is 305 g/mol. The van der Waals surface area contributed by atoms with E-state index in [2.05, 4.69) is 9.97 Å². The quantitative estimate of drug-likeness (QED) is 0.492. The zero-order valence-corrected chi connectivity index (χ0v) is 11.6. The van der Waals surface area contributed by atoms with Crippen molar-refractivity contribution in [2.45, 2.75) is 19.9 Å². The molecule has 1 fully saturated rings. The van der Waals surface area contributed by atoms with Gasteiger partial charge in [-0.05, 0) is 0 Å². The summed E-state index contributed by atoms with van der Waals surface area (Å²) in [4.78, 5) is 66.2. The van der Waals surface area contributed by atoms with Crippen molar-refractivity contribution in [1.29, 1.82) is 0 Å². The molecule has 0 radical (unpaired) electrons. The maximum Gasteiger partial charge on any atom is 0.328 e. The summed E-state index contributed by atoms with van der Waals surface area (Å²) in [6, 6.07) is -2.77. The van der Waals surface area contributed by atoms with Gasteiger partial charge < -0.3 is 0 Å². The Morgan fingerprint density at radius 3 is 1.68 bits per heavy atom. The molecule has 0 aliphatic carbocycles. The van der Waals surface area contributed by atoms with E-state index in [9.17, 15) is 24.0 Å². The first-order valence-corrected chi connectivity index (χ1v) is 6.35. The van der Waals surface area contributed by atoms with Gasteiger partial charge in [0.15, 0.2) is 17.4 Å². The Bertz CT molecular complexity index is 646. The summed E-state index contributed by atoms with van der Waals surface area (Å²) < 4.78 is 0. The van der Waals surface area contributed by atoms with E-state index in [0.29, 0.717) is 4.90 Å². The molecule has 3 rings (SSSR count). The van der Waals surface area contributed by atoms with Crippen molar-refractivity contribution >= 4 is 29.7 Å². The molecule has 6 amide bonds. The topological polar surface area (TPSA) is 138 Å². The van der Waals surface area contributed by atoms with Crippen molar-refractivity contribution in [2.24, 2.45) is 0 Å². The van der Waals surface area contributed by atoms with E-state index in [4.69, 9.17) is 0 Å². The van der Waals surface area contributed by atoms with Crippen molar-refractivity contribution in [3.63, 3.8) is 0 Å². The van der Waals surface area contributed by atoms with E-state index in [0.717, 1.165) is 0 Å².